The molecule has 0 radical (unpaired) electrons. The molecule has 2 aromatic rings. The zero-order chi connectivity index (χ0) is 12.7. The van der Waals surface area contributed by atoms with Crippen molar-refractivity contribution in [1.29, 1.82) is 0 Å². The summed E-state index contributed by atoms with van der Waals surface area (Å²) in [5, 5.41) is 4.69. The number of fused-ring (bicyclic) bond motifs is 1. The van der Waals surface area contributed by atoms with E-state index in [1.165, 1.54) is 0 Å². The normalized spacial score (nSPS) is 20.5. The first-order valence-corrected chi connectivity index (χ1v) is 6.36. The van der Waals surface area contributed by atoms with Crippen LogP contribution >= 0.6 is 11.6 Å². The van der Waals surface area contributed by atoms with Crippen LogP contribution in [0.2, 0.25) is 5.15 Å². The summed E-state index contributed by atoms with van der Waals surface area (Å²) in [7, 11) is 0. The Labute approximate surface area is 109 Å². The van der Waals surface area contributed by atoms with E-state index < -0.39 is 5.82 Å². The van der Waals surface area contributed by atoms with E-state index in [0.717, 1.165) is 19.3 Å². The number of nitrogens with zero attached hydrogens (tertiary/aromatic N) is 3. The molecule has 0 spiro atoms. The maximum absolute atomic E-state index is 14.0. The molecular weight excluding hydrogens is 257 g/mol. The maximum Gasteiger partial charge on any atom is 0.171 e. The second-order valence-corrected chi connectivity index (χ2v) is 4.83. The molecule has 4 nitrogen and oxygen atoms in total. The Hall–Kier alpha value is -1.20. The maximum atomic E-state index is 14.0. The van der Waals surface area contributed by atoms with Crippen molar-refractivity contribution >= 4 is 22.5 Å². The minimum atomic E-state index is -0.506. The number of hydrogen-bond acceptors (Lipinski definition) is 3. The third kappa shape index (κ3) is 1.78. The Bertz CT molecular complexity index is 593. The Morgan fingerprint density at radius 3 is 3.06 bits per heavy atom. The van der Waals surface area contributed by atoms with E-state index in [2.05, 4.69) is 10.1 Å². The molecule has 0 bridgehead atoms. The molecule has 1 fully saturated rings. The van der Waals surface area contributed by atoms with Crippen LogP contribution in [0.15, 0.2) is 6.20 Å². The molecule has 1 unspecified atom stereocenters. The van der Waals surface area contributed by atoms with Gasteiger partial charge in [-0.15, -0.1) is 0 Å². The highest BCUT2D eigenvalue weighted by Gasteiger charge is 2.22. The van der Waals surface area contributed by atoms with Crippen LogP contribution in [0.25, 0.3) is 10.9 Å². The van der Waals surface area contributed by atoms with Crippen LogP contribution in [0.4, 0.5) is 4.39 Å². The quantitative estimate of drug-likeness (QED) is 0.746. The van der Waals surface area contributed by atoms with Crippen molar-refractivity contribution in [2.24, 2.45) is 0 Å². The number of halogens is 2. The van der Waals surface area contributed by atoms with Gasteiger partial charge in [0.2, 0.25) is 0 Å². The molecule has 1 atom stereocenters. The molecule has 3 rings (SSSR count). The van der Waals surface area contributed by atoms with Gasteiger partial charge in [0.1, 0.15) is 0 Å². The lowest BCUT2D eigenvalue weighted by molar-refractivity contribution is -0.0368. The predicted molar refractivity (Wildman–Crippen MR) is 66.1 cm³/mol. The first-order valence-electron chi connectivity index (χ1n) is 5.99. The van der Waals surface area contributed by atoms with Gasteiger partial charge in [-0.05, 0) is 26.2 Å². The summed E-state index contributed by atoms with van der Waals surface area (Å²) < 4.78 is 21.3. The van der Waals surface area contributed by atoms with E-state index >= 15 is 0 Å². The van der Waals surface area contributed by atoms with Gasteiger partial charge < -0.3 is 4.74 Å². The monoisotopic (exact) mass is 269 g/mol. The van der Waals surface area contributed by atoms with Crippen molar-refractivity contribution in [3.8, 4) is 0 Å². The van der Waals surface area contributed by atoms with Gasteiger partial charge in [-0.2, -0.15) is 5.10 Å². The molecule has 0 amide bonds. The van der Waals surface area contributed by atoms with Crippen molar-refractivity contribution in [2.45, 2.75) is 32.4 Å². The minimum Gasteiger partial charge on any atom is -0.356 e. The summed E-state index contributed by atoms with van der Waals surface area (Å²) in [5.41, 5.74) is 1.25. The molecule has 6 heteroatoms. The lowest BCUT2D eigenvalue weighted by atomic mass is 10.2. The molecule has 96 valence electrons. The lowest BCUT2D eigenvalue weighted by Gasteiger charge is -2.23. The summed E-state index contributed by atoms with van der Waals surface area (Å²) >= 11 is 5.70. The van der Waals surface area contributed by atoms with Gasteiger partial charge in [-0.3, -0.25) is 0 Å². The van der Waals surface area contributed by atoms with Crippen molar-refractivity contribution in [3.05, 3.63) is 22.9 Å². The average Bonchev–Trinajstić information content (AvgIpc) is 2.73. The van der Waals surface area contributed by atoms with E-state index in [0.29, 0.717) is 23.2 Å². The standard InChI is InChI=1S/C12H13ClFN3O/c1-7-10-8(6-15-12(13)11(10)14)17(16-7)9-4-2-3-5-18-9/h6,9H,2-5H2,1H3. The molecule has 0 N–H and O–H groups in total. The van der Waals surface area contributed by atoms with Gasteiger partial charge >= 0.3 is 0 Å². The molecule has 1 saturated heterocycles. The molecule has 2 aromatic heterocycles. The molecule has 0 saturated carbocycles. The Kier molecular flexibility index (Phi) is 2.95. The zero-order valence-corrected chi connectivity index (χ0v) is 10.7. The molecular formula is C12H13ClFN3O. The molecule has 3 heterocycles. The van der Waals surface area contributed by atoms with Crippen LogP contribution in [0.5, 0.6) is 0 Å². The van der Waals surface area contributed by atoms with E-state index in [9.17, 15) is 4.39 Å². The number of aryl methyl sites for hydroxylation is 1. The van der Waals surface area contributed by atoms with E-state index in [-0.39, 0.29) is 11.4 Å². The second kappa shape index (κ2) is 4.48. The second-order valence-electron chi connectivity index (χ2n) is 4.47. The van der Waals surface area contributed by atoms with Crippen LogP contribution in [0, 0.1) is 12.7 Å². The number of hydrogen-bond donors (Lipinski definition) is 0. The molecule has 0 aliphatic carbocycles. The fourth-order valence-corrected chi connectivity index (χ4v) is 2.52. The van der Waals surface area contributed by atoms with Crippen LogP contribution in [0.1, 0.15) is 31.2 Å². The van der Waals surface area contributed by atoms with Gasteiger partial charge in [-0.25, -0.2) is 14.1 Å². The van der Waals surface area contributed by atoms with E-state index in [1.54, 1.807) is 17.8 Å². The largest absolute Gasteiger partial charge is 0.356 e. The SMILES string of the molecule is Cc1nn(C2CCCCO2)c2cnc(Cl)c(F)c12. The third-order valence-corrected chi connectivity index (χ3v) is 3.52. The summed E-state index contributed by atoms with van der Waals surface area (Å²) in [6, 6.07) is 0. The number of ether oxygens (including phenoxy) is 1. The van der Waals surface area contributed by atoms with Crippen LogP contribution in [-0.4, -0.2) is 21.4 Å². The van der Waals surface area contributed by atoms with Gasteiger partial charge in [0, 0.05) is 6.61 Å². The van der Waals surface area contributed by atoms with Crippen LogP contribution < -0.4 is 0 Å². The highest BCUT2D eigenvalue weighted by atomic mass is 35.5. The number of rotatable bonds is 1. The number of pyridine rings is 1. The van der Waals surface area contributed by atoms with Crippen molar-refractivity contribution in [1.82, 2.24) is 14.8 Å². The van der Waals surface area contributed by atoms with Crippen molar-refractivity contribution in [2.75, 3.05) is 6.61 Å². The van der Waals surface area contributed by atoms with Crippen LogP contribution in [-0.2, 0) is 4.74 Å². The summed E-state index contributed by atoms with van der Waals surface area (Å²) in [5.74, 6) is -0.506. The van der Waals surface area contributed by atoms with Crippen LogP contribution in [0.3, 0.4) is 0 Å². The first kappa shape index (κ1) is 11.9. The summed E-state index contributed by atoms with van der Waals surface area (Å²) in [6.45, 7) is 2.48. The number of aromatic nitrogens is 3. The van der Waals surface area contributed by atoms with Gasteiger partial charge in [0.15, 0.2) is 17.2 Å². The predicted octanol–water partition coefficient (Wildman–Crippen LogP) is 3.23. The third-order valence-electron chi connectivity index (χ3n) is 3.25. The van der Waals surface area contributed by atoms with E-state index in [4.69, 9.17) is 16.3 Å². The van der Waals surface area contributed by atoms with Gasteiger partial charge in [0.25, 0.3) is 0 Å². The topological polar surface area (TPSA) is 39.9 Å². The molecule has 0 aromatic carbocycles. The summed E-state index contributed by atoms with van der Waals surface area (Å²) in [6.07, 6.45) is 4.47. The Morgan fingerprint density at radius 2 is 2.33 bits per heavy atom. The van der Waals surface area contributed by atoms with Gasteiger partial charge in [0.05, 0.1) is 22.8 Å². The zero-order valence-electron chi connectivity index (χ0n) is 9.99. The van der Waals surface area contributed by atoms with Crippen molar-refractivity contribution in [3.63, 3.8) is 0 Å². The Balaban J connectivity index is 2.16. The van der Waals surface area contributed by atoms with Gasteiger partial charge in [-0.1, -0.05) is 11.6 Å². The molecule has 1 aliphatic heterocycles. The van der Waals surface area contributed by atoms with Crippen molar-refractivity contribution < 1.29 is 9.13 Å². The molecule has 18 heavy (non-hydrogen) atoms. The summed E-state index contributed by atoms with van der Waals surface area (Å²) in [4.78, 5) is 3.85. The fourth-order valence-electron chi connectivity index (χ4n) is 2.37. The Morgan fingerprint density at radius 1 is 1.50 bits per heavy atom. The average molecular weight is 270 g/mol. The highest BCUT2D eigenvalue weighted by molar-refractivity contribution is 6.30. The smallest absolute Gasteiger partial charge is 0.171 e. The fraction of sp³-hybridized carbons (Fsp3) is 0.500. The van der Waals surface area contributed by atoms with E-state index in [1.807, 2.05) is 0 Å². The minimum absolute atomic E-state index is 0.116. The molecule has 1 aliphatic rings. The highest BCUT2D eigenvalue weighted by Crippen LogP contribution is 2.30. The lowest BCUT2D eigenvalue weighted by Crippen LogP contribution is -2.19. The first-order chi connectivity index (χ1) is 8.68.